The molecule has 0 bridgehead atoms. The molecule has 2 aromatic rings. The molecule has 1 aliphatic heterocycles. The van der Waals surface area contributed by atoms with Crippen molar-refractivity contribution < 1.29 is 42.2 Å². The van der Waals surface area contributed by atoms with E-state index in [-0.39, 0.29) is 43.5 Å². The Bertz CT molecular complexity index is 1400. The summed E-state index contributed by atoms with van der Waals surface area (Å²) in [6.45, 7) is 0.0206. The molecule has 3 unspecified atom stereocenters. The van der Waals surface area contributed by atoms with Crippen molar-refractivity contribution in [1.29, 1.82) is 5.26 Å². The number of likely N-dealkylation sites (tertiary alicyclic amines) is 1. The second-order valence-electron chi connectivity index (χ2n) is 10.2. The van der Waals surface area contributed by atoms with Gasteiger partial charge in [0, 0.05) is 42.9 Å². The summed E-state index contributed by atoms with van der Waals surface area (Å²) in [6, 6.07) is -2.14. The number of amides is 2. The van der Waals surface area contributed by atoms with Gasteiger partial charge in [-0.15, -0.1) is 11.6 Å². The van der Waals surface area contributed by atoms with E-state index < -0.39 is 80.7 Å². The van der Waals surface area contributed by atoms with Crippen LogP contribution >= 0.6 is 21.8 Å². The molecule has 17 heteroatoms. The average molecular weight is 646 g/mol. The van der Waals surface area contributed by atoms with Crippen LogP contribution in [-0.2, 0) is 9.59 Å². The number of halogens is 9. The molecule has 1 aromatic carbocycles. The van der Waals surface area contributed by atoms with Gasteiger partial charge in [-0.1, -0.05) is 19.4 Å². The van der Waals surface area contributed by atoms with Crippen LogP contribution in [0.4, 0.5) is 38.3 Å². The summed E-state index contributed by atoms with van der Waals surface area (Å²) in [5, 5.41) is 11.1. The van der Waals surface area contributed by atoms with E-state index in [4.69, 9.17) is 11.6 Å². The van der Waals surface area contributed by atoms with Gasteiger partial charge < -0.3 is 5.32 Å². The minimum atomic E-state index is -10.1. The number of pyridine rings is 1. The van der Waals surface area contributed by atoms with E-state index in [1.54, 1.807) is 6.19 Å². The van der Waals surface area contributed by atoms with Crippen LogP contribution in [0.3, 0.4) is 0 Å². The molecule has 4 rings (SSSR count). The first-order valence-corrected chi connectivity index (χ1v) is 14.9. The number of anilines is 1. The lowest BCUT2D eigenvalue weighted by Crippen LogP contribution is -2.53. The van der Waals surface area contributed by atoms with Gasteiger partial charge in [0.15, 0.2) is 6.19 Å². The van der Waals surface area contributed by atoms with Crippen molar-refractivity contribution in [1.82, 2.24) is 15.2 Å². The van der Waals surface area contributed by atoms with E-state index in [2.05, 4.69) is 10.3 Å². The SMILES string of the molecule is N#CN1CCC(Cl)C1C(=O)N(c1ccc(S(F)(F)(F)(F)F)cc1)C(C(=O)NC1CCC(F)(F)CC1)c1cncc(F)c1. The van der Waals surface area contributed by atoms with Crippen molar-refractivity contribution in [3.05, 3.63) is 54.1 Å². The third-order valence-electron chi connectivity index (χ3n) is 7.12. The highest BCUT2D eigenvalue weighted by Crippen LogP contribution is 3.02. The number of hydrogen-bond acceptors (Lipinski definition) is 5. The van der Waals surface area contributed by atoms with E-state index in [9.17, 15) is 47.5 Å². The van der Waals surface area contributed by atoms with E-state index in [1.807, 2.05) is 0 Å². The molecular formula is C25H24ClF8N5O2S. The molecule has 230 valence electrons. The summed E-state index contributed by atoms with van der Waals surface area (Å²) in [4.78, 5) is 30.8. The zero-order chi connectivity index (χ0) is 31.2. The third kappa shape index (κ3) is 7.00. The van der Waals surface area contributed by atoms with Crippen LogP contribution in [0.1, 0.15) is 43.7 Å². The van der Waals surface area contributed by atoms with E-state index in [1.165, 1.54) is 0 Å². The van der Waals surface area contributed by atoms with Gasteiger partial charge in [-0.05, 0) is 49.6 Å². The summed E-state index contributed by atoms with van der Waals surface area (Å²) < 4.78 is 109. The quantitative estimate of drug-likeness (QED) is 0.203. The lowest BCUT2D eigenvalue weighted by molar-refractivity contribution is -0.129. The van der Waals surface area contributed by atoms with Crippen LogP contribution in [0.25, 0.3) is 0 Å². The molecule has 0 spiro atoms. The minimum Gasteiger partial charge on any atom is -0.351 e. The second-order valence-corrected chi connectivity index (χ2v) is 13.2. The van der Waals surface area contributed by atoms with Crippen molar-refractivity contribution >= 4 is 39.3 Å². The Balaban J connectivity index is 1.83. The van der Waals surface area contributed by atoms with Gasteiger partial charge in [0.2, 0.25) is 11.8 Å². The van der Waals surface area contributed by atoms with Gasteiger partial charge in [0.05, 0.1) is 11.6 Å². The summed E-state index contributed by atoms with van der Waals surface area (Å²) in [5.74, 6) is -6.01. The highest BCUT2D eigenvalue weighted by atomic mass is 35.5. The standard InChI is InChI=1S/C25H24ClF8N5O2S/c26-20-7-10-38(14-35)22(20)24(41)39(18-1-3-19(4-2-18)42(30,31,32,33)34)21(15-11-16(27)13-36-12-15)23(40)37-17-5-8-25(28,29)9-6-17/h1-4,11-13,17,20-22H,5-10H2,(H,37,40). The number of aromatic nitrogens is 1. The monoisotopic (exact) mass is 645 g/mol. The van der Waals surface area contributed by atoms with Crippen LogP contribution in [0.15, 0.2) is 47.6 Å². The zero-order valence-corrected chi connectivity index (χ0v) is 23.1. The second kappa shape index (κ2) is 10.4. The van der Waals surface area contributed by atoms with Crippen LogP contribution in [-0.4, -0.2) is 51.6 Å². The highest BCUT2D eigenvalue weighted by molar-refractivity contribution is 8.45. The minimum absolute atomic E-state index is 0.0206. The Kier molecular flexibility index (Phi) is 7.86. The predicted octanol–water partition coefficient (Wildman–Crippen LogP) is 6.81. The molecule has 0 radical (unpaired) electrons. The molecular weight excluding hydrogens is 622 g/mol. The van der Waals surface area contributed by atoms with Gasteiger partial charge in [-0.25, -0.2) is 13.2 Å². The fourth-order valence-corrected chi connectivity index (χ4v) is 6.02. The summed E-state index contributed by atoms with van der Waals surface area (Å²) in [7, 11) is -10.1. The molecule has 3 atom stereocenters. The number of benzene rings is 1. The molecule has 1 N–H and O–H groups in total. The van der Waals surface area contributed by atoms with Crippen molar-refractivity contribution in [3.8, 4) is 6.19 Å². The van der Waals surface area contributed by atoms with Crippen molar-refractivity contribution in [3.63, 3.8) is 0 Å². The van der Waals surface area contributed by atoms with Crippen LogP contribution < -0.4 is 10.2 Å². The molecule has 2 fully saturated rings. The zero-order valence-electron chi connectivity index (χ0n) is 21.5. The van der Waals surface area contributed by atoms with E-state index >= 15 is 0 Å². The molecule has 1 saturated carbocycles. The number of carbonyl (C=O) groups is 2. The van der Waals surface area contributed by atoms with Gasteiger partial charge in [0.1, 0.15) is 22.8 Å². The first-order chi connectivity index (χ1) is 19.3. The van der Waals surface area contributed by atoms with Crippen molar-refractivity contribution in [2.24, 2.45) is 0 Å². The predicted molar refractivity (Wildman–Crippen MR) is 138 cm³/mol. The normalized spacial score (nSPS) is 23.3. The molecule has 1 aliphatic carbocycles. The number of rotatable bonds is 7. The number of nitrogens with zero attached hydrogens (tertiary/aromatic N) is 4. The Hall–Kier alpha value is -3.32. The highest BCUT2D eigenvalue weighted by Gasteiger charge is 2.65. The number of hydrogen-bond donors (Lipinski definition) is 1. The summed E-state index contributed by atoms with van der Waals surface area (Å²) in [5.41, 5.74) is -0.759. The molecule has 7 nitrogen and oxygen atoms in total. The topological polar surface area (TPSA) is 89.3 Å². The molecule has 2 aliphatic rings. The van der Waals surface area contributed by atoms with Crippen molar-refractivity contribution in [2.45, 2.75) is 66.4 Å². The Labute approximate surface area is 240 Å². The number of carbonyl (C=O) groups excluding carboxylic acids is 2. The largest absolute Gasteiger partial charge is 0.351 e. The number of alkyl halides is 3. The third-order valence-corrected chi connectivity index (χ3v) is 8.74. The fraction of sp³-hybridized carbons (Fsp3) is 0.440. The molecule has 2 heterocycles. The van der Waals surface area contributed by atoms with Crippen LogP contribution in [0.5, 0.6) is 0 Å². The summed E-state index contributed by atoms with van der Waals surface area (Å²) in [6.07, 6.45) is 2.31. The van der Waals surface area contributed by atoms with Gasteiger partial charge in [0.25, 0.3) is 5.91 Å². The van der Waals surface area contributed by atoms with Gasteiger partial charge >= 0.3 is 10.2 Å². The molecule has 1 aromatic heterocycles. The van der Waals surface area contributed by atoms with E-state index in [0.717, 1.165) is 23.4 Å². The maximum Gasteiger partial charge on any atom is 0.310 e. The van der Waals surface area contributed by atoms with Crippen molar-refractivity contribution in [2.75, 3.05) is 11.4 Å². The Morgan fingerprint density at radius 1 is 1.10 bits per heavy atom. The summed E-state index contributed by atoms with van der Waals surface area (Å²) >= 11 is 6.31. The van der Waals surface area contributed by atoms with Gasteiger partial charge in [-0.2, -0.15) is 5.26 Å². The Morgan fingerprint density at radius 2 is 1.71 bits per heavy atom. The Morgan fingerprint density at radius 3 is 2.26 bits per heavy atom. The first-order valence-electron chi connectivity index (χ1n) is 12.6. The lowest BCUT2D eigenvalue weighted by Gasteiger charge is -2.41. The van der Waals surface area contributed by atoms with E-state index in [0.29, 0.717) is 17.0 Å². The first kappa shape index (κ1) is 31.6. The molecule has 42 heavy (non-hydrogen) atoms. The lowest BCUT2D eigenvalue weighted by atomic mass is 9.91. The maximum absolute atomic E-state index is 14.3. The van der Waals surface area contributed by atoms with Crippen LogP contribution in [0, 0.1) is 17.3 Å². The average Bonchev–Trinajstić information content (AvgIpc) is 3.27. The number of nitrogens with one attached hydrogen (secondary N) is 1. The van der Waals surface area contributed by atoms with Crippen LogP contribution in [0.2, 0.25) is 0 Å². The fourth-order valence-electron chi connectivity index (χ4n) is 5.02. The molecule has 2 amide bonds. The maximum atomic E-state index is 14.3. The van der Waals surface area contributed by atoms with Gasteiger partial charge in [-0.3, -0.25) is 24.4 Å². The molecule has 1 saturated heterocycles. The number of nitriles is 1. The smallest absolute Gasteiger partial charge is 0.310 e.